The molecular formula is C16H21N. The summed E-state index contributed by atoms with van der Waals surface area (Å²) in [5, 5.41) is 1.41. The smallest absolute Gasteiger partial charge is 0.0456 e. The maximum Gasteiger partial charge on any atom is 0.0456 e. The molecule has 1 aliphatic rings. The highest BCUT2D eigenvalue weighted by Crippen LogP contribution is 2.38. The number of aromatic nitrogens is 1. The molecule has 1 fully saturated rings. The van der Waals surface area contributed by atoms with Crippen molar-refractivity contribution in [2.75, 3.05) is 0 Å². The molecule has 0 bridgehead atoms. The standard InChI is InChI=1S/C16H21N/c1-12(13-9-10-13)5-4-6-14-11-17-16-8-3-2-7-15(14)16/h2-3,7-8,11-13,17H,4-6,9-10H2,1H3. The van der Waals surface area contributed by atoms with Crippen molar-refractivity contribution in [3.05, 3.63) is 36.0 Å². The Morgan fingerprint density at radius 1 is 1.29 bits per heavy atom. The highest BCUT2D eigenvalue weighted by Gasteiger charge is 2.27. The maximum atomic E-state index is 3.36. The van der Waals surface area contributed by atoms with Gasteiger partial charge in [0.25, 0.3) is 0 Å². The second-order valence-electron chi connectivity index (χ2n) is 5.57. The van der Waals surface area contributed by atoms with E-state index in [1.165, 1.54) is 48.6 Å². The van der Waals surface area contributed by atoms with Gasteiger partial charge in [0.05, 0.1) is 0 Å². The predicted octanol–water partition coefficient (Wildman–Crippen LogP) is 4.54. The van der Waals surface area contributed by atoms with Crippen molar-refractivity contribution in [2.24, 2.45) is 11.8 Å². The van der Waals surface area contributed by atoms with Crippen LogP contribution in [-0.2, 0) is 6.42 Å². The van der Waals surface area contributed by atoms with Gasteiger partial charge in [-0.25, -0.2) is 0 Å². The lowest BCUT2D eigenvalue weighted by Gasteiger charge is -2.08. The first-order chi connectivity index (χ1) is 8.34. The van der Waals surface area contributed by atoms with Crippen LogP contribution in [0, 0.1) is 11.8 Å². The number of aromatic amines is 1. The summed E-state index contributed by atoms with van der Waals surface area (Å²) in [5.74, 6) is 2.00. The first-order valence-electron chi connectivity index (χ1n) is 6.89. The van der Waals surface area contributed by atoms with Crippen molar-refractivity contribution in [1.82, 2.24) is 4.98 Å². The fourth-order valence-corrected chi connectivity index (χ4v) is 2.85. The van der Waals surface area contributed by atoms with E-state index < -0.39 is 0 Å². The monoisotopic (exact) mass is 227 g/mol. The summed E-state index contributed by atoms with van der Waals surface area (Å²) in [6, 6.07) is 8.61. The van der Waals surface area contributed by atoms with Gasteiger partial charge in [-0.1, -0.05) is 31.5 Å². The summed E-state index contributed by atoms with van der Waals surface area (Å²) in [6.45, 7) is 2.42. The lowest BCUT2D eigenvalue weighted by Crippen LogP contribution is -1.97. The van der Waals surface area contributed by atoms with Gasteiger partial charge < -0.3 is 4.98 Å². The van der Waals surface area contributed by atoms with Crippen molar-refractivity contribution in [3.63, 3.8) is 0 Å². The van der Waals surface area contributed by atoms with Gasteiger partial charge in [-0.2, -0.15) is 0 Å². The summed E-state index contributed by atoms with van der Waals surface area (Å²) in [5.41, 5.74) is 2.77. The molecule has 1 unspecified atom stereocenters. The Labute approximate surface area is 103 Å². The minimum Gasteiger partial charge on any atom is -0.361 e. The van der Waals surface area contributed by atoms with Crippen LogP contribution in [-0.4, -0.2) is 4.98 Å². The van der Waals surface area contributed by atoms with Crippen molar-refractivity contribution < 1.29 is 0 Å². The number of benzene rings is 1. The molecule has 1 aliphatic carbocycles. The van der Waals surface area contributed by atoms with Gasteiger partial charge in [0.15, 0.2) is 0 Å². The maximum absolute atomic E-state index is 3.36. The zero-order valence-corrected chi connectivity index (χ0v) is 10.6. The van der Waals surface area contributed by atoms with E-state index in [9.17, 15) is 0 Å². The van der Waals surface area contributed by atoms with Crippen LogP contribution in [0.15, 0.2) is 30.5 Å². The van der Waals surface area contributed by atoms with E-state index in [4.69, 9.17) is 0 Å². The van der Waals surface area contributed by atoms with Gasteiger partial charge in [0.1, 0.15) is 0 Å². The minimum atomic E-state index is 0.945. The van der Waals surface area contributed by atoms with E-state index >= 15 is 0 Å². The topological polar surface area (TPSA) is 15.8 Å². The molecule has 1 heterocycles. The van der Waals surface area contributed by atoms with Crippen LogP contribution in [0.5, 0.6) is 0 Å². The molecule has 0 aliphatic heterocycles. The number of H-pyrrole nitrogens is 1. The van der Waals surface area contributed by atoms with Crippen molar-refractivity contribution in [1.29, 1.82) is 0 Å². The summed E-state index contributed by atoms with van der Waals surface area (Å²) >= 11 is 0. The Morgan fingerprint density at radius 3 is 2.94 bits per heavy atom. The summed E-state index contributed by atoms with van der Waals surface area (Å²) < 4.78 is 0. The van der Waals surface area contributed by atoms with E-state index in [-0.39, 0.29) is 0 Å². The average molecular weight is 227 g/mol. The van der Waals surface area contributed by atoms with E-state index in [2.05, 4.69) is 42.4 Å². The van der Waals surface area contributed by atoms with Gasteiger partial charge in [-0.05, 0) is 49.1 Å². The Bertz CT molecular complexity index is 493. The molecule has 1 nitrogen and oxygen atoms in total. The molecule has 2 aromatic rings. The molecule has 0 spiro atoms. The third kappa shape index (κ3) is 2.38. The summed E-state index contributed by atoms with van der Waals surface area (Å²) in [6.07, 6.45) is 9.10. The van der Waals surface area contributed by atoms with Crippen molar-refractivity contribution >= 4 is 10.9 Å². The number of hydrogen-bond donors (Lipinski definition) is 1. The molecule has 1 saturated carbocycles. The molecule has 1 aromatic carbocycles. The second-order valence-corrected chi connectivity index (χ2v) is 5.57. The summed E-state index contributed by atoms with van der Waals surface area (Å²) in [4.78, 5) is 3.36. The Morgan fingerprint density at radius 2 is 2.12 bits per heavy atom. The number of para-hydroxylation sites is 1. The van der Waals surface area contributed by atoms with Crippen LogP contribution >= 0.6 is 0 Å². The van der Waals surface area contributed by atoms with Crippen LogP contribution in [0.1, 0.15) is 38.2 Å². The molecule has 90 valence electrons. The SMILES string of the molecule is CC(CCCc1c[nH]c2ccccc12)C1CC1. The number of hydrogen-bond acceptors (Lipinski definition) is 0. The molecule has 0 radical (unpaired) electrons. The van der Waals surface area contributed by atoms with Gasteiger partial charge in [0.2, 0.25) is 0 Å². The van der Waals surface area contributed by atoms with E-state index in [1.807, 2.05) is 0 Å². The van der Waals surface area contributed by atoms with Crippen LogP contribution in [0.25, 0.3) is 10.9 Å². The molecule has 1 aromatic heterocycles. The third-order valence-corrected chi connectivity index (χ3v) is 4.21. The second kappa shape index (κ2) is 4.56. The number of fused-ring (bicyclic) bond motifs is 1. The fraction of sp³-hybridized carbons (Fsp3) is 0.500. The predicted molar refractivity (Wildman–Crippen MR) is 73.1 cm³/mol. The zero-order valence-electron chi connectivity index (χ0n) is 10.6. The van der Waals surface area contributed by atoms with Crippen LogP contribution in [0.4, 0.5) is 0 Å². The van der Waals surface area contributed by atoms with Gasteiger partial charge in [-0.15, -0.1) is 0 Å². The molecule has 1 atom stereocenters. The molecule has 1 N–H and O–H groups in total. The lowest BCUT2D eigenvalue weighted by molar-refractivity contribution is 0.454. The quantitative estimate of drug-likeness (QED) is 0.772. The first-order valence-corrected chi connectivity index (χ1v) is 6.89. The molecule has 17 heavy (non-hydrogen) atoms. The Hall–Kier alpha value is -1.24. The average Bonchev–Trinajstić information content (AvgIpc) is 3.12. The number of rotatable bonds is 5. The van der Waals surface area contributed by atoms with E-state index in [0.29, 0.717) is 0 Å². The fourth-order valence-electron chi connectivity index (χ4n) is 2.85. The first kappa shape index (κ1) is 10.9. The third-order valence-electron chi connectivity index (χ3n) is 4.21. The largest absolute Gasteiger partial charge is 0.361 e. The van der Waals surface area contributed by atoms with Gasteiger partial charge in [-0.3, -0.25) is 0 Å². The van der Waals surface area contributed by atoms with Crippen LogP contribution < -0.4 is 0 Å². The normalized spacial score (nSPS) is 17.5. The molecule has 0 amide bonds. The molecule has 1 heteroatoms. The molecular weight excluding hydrogens is 206 g/mol. The Kier molecular flexibility index (Phi) is 2.92. The minimum absolute atomic E-state index is 0.945. The van der Waals surface area contributed by atoms with Crippen molar-refractivity contribution in [3.8, 4) is 0 Å². The van der Waals surface area contributed by atoms with E-state index in [0.717, 1.165) is 11.8 Å². The van der Waals surface area contributed by atoms with Gasteiger partial charge >= 0.3 is 0 Å². The molecule has 3 rings (SSSR count). The number of nitrogens with one attached hydrogen (secondary N) is 1. The summed E-state index contributed by atoms with van der Waals surface area (Å²) in [7, 11) is 0. The number of aryl methyl sites for hydroxylation is 1. The lowest BCUT2D eigenvalue weighted by atomic mass is 9.97. The zero-order chi connectivity index (χ0) is 11.7. The van der Waals surface area contributed by atoms with E-state index in [1.54, 1.807) is 0 Å². The van der Waals surface area contributed by atoms with Crippen LogP contribution in [0.2, 0.25) is 0 Å². The van der Waals surface area contributed by atoms with Crippen LogP contribution in [0.3, 0.4) is 0 Å². The van der Waals surface area contributed by atoms with Crippen molar-refractivity contribution in [2.45, 2.75) is 39.0 Å². The molecule has 0 saturated heterocycles. The Balaban J connectivity index is 1.60. The van der Waals surface area contributed by atoms with Gasteiger partial charge in [0, 0.05) is 17.1 Å². The highest BCUT2D eigenvalue weighted by molar-refractivity contribution is 5.82. The highest BCUT2D eigenvalue weighted by atomic mass is 14.7.